The molecule has 2 aromatic rings. The number of rotatable bonds is 13. The number of aldehydes is 1. The summed E-state index contributed by atoms with van der Waals surface area (Å²) in [5.41, 5.74) is 4.19. The predicted octanol–water partition coefficient (Wildman–Crippen LogP) is 4.56. The largest absolute Gasteiger partial charge is 0.469 e. The highest BCUT2D eigenvalue weighted by molar-refractivity contribution is 7.54. The number of carbonyl (C=O) groups is 4. The first-order chi connectivity index (χ1) is 19.1. The van der Waals surface area contributed by atoms with Crippen molar-refractivity contribution in [1.29, 1.82) is 0 Å². The van der Waals surface area contributed by atoms with Crippen LogP contribution in [0.3, 0.4) is 0 Å². The number of benzene rings is 2. The molecule has 0 atom stereocenters. The molecule has 0 aliphatic carbocycles. The quantitative estimate of drug-likeness (QED) is 0.147. The lowest BCUT2D eigenvalue weighted by molar-refractivity contribution is -0.140. The monoisotopic (exact) mass is 574 g/mol. The molecule has 0 N–H and O–H groups in total. The summed E-state index contributed by atoms with van der Waals surface area (Å²) in [6.45, 7) is 1.34. The van der Waals surface area contributed by atoms with Gasteiger partial charge in [0.05, 0.1) is 27.1 Å². The minimum absolute atomic E-state index is 0.153. The van der Waals surface area contributed by atoms with Gasteiger partial charge in [-0.05, 0) is 42.0 Å². The number of aryl methyl sites for hydroxylation is 2. The lowest BCUT2D eigenvalue weighted by Crippen LogP contribution is -2.04. The van der Waals surface area contributed by atoms with Gasteiger partial charge in [0.1, 0.15) is 18.2 Å². The maximum Gasteiger partial charge on any atom is 0.337 e. The van der Waals surface area contributed by atoms with E-state index < -0.39 is 7.60 Å². The second kappa shape index (κ2) is 21.3. The van der Waals surface area contributed by atoms with Gasteiger partial charge in [0.15, 0.2) is 0 Å². The van der Waals surface area contributed by atoms with Crippen molar-refractivity contribution in [3.8, 4) is 12.3 Å². The Morgan fingerprint density at radius 1 is 0.775 bits per heavy atom. The Morgan fingerprint density at radius 2 is 1.18 bits per heavy atom. The van der Waals surface area contributed by atoms with E-state index in [9.17, 15) is 23.7 Å². The minimum Gasteiger partial charge on any atom is -0.469 e. The van der Waals surface area contributed by atoms with Crippen molar-refractivity contribution in [2.75, 3.05) is 34.6 Å². The number of Topliss-reactive ketones (excluding diaryl/α,β-unsaturated/α-hetero) is 1. The highest BCUT2D eigenvalue weighted by atomic mass is 31.2. The van der Waals surface area contributed by atoms with Gasteiger partial charge in [0.25, 0.3) is 0 Å². The second-order valence-electron chi connectivity index (χ2n) is 8.38. The fraction of sp³-hybridized carbons (Fsp3) is 0.400. The van der Waals surface area contributed by atoms with Gasteiger partial charge in [0.2, 0.25) is 0 Å². The molecule has 0 spiro atoms. The summed E-state index contributed by atoms with van der Waals surface area (Å²) in [5.74, 6) is 1.94. The summed E-state index contributed by atoms with van der Waals surface area (Å²) in [6, 6.07) is 15.5. The van der Waals surface area contributed by atoms with Crippen LogP contribution in [0, 0.1) is 12.3 Å². The molecule has 0 aliphatic rings. The van der Waals surface area contributed by atoms with Crippen LogP contribution in [0.15, 0.2) is 48.5 Å². The van der Waals surface area contributed by atoms with Gasteiger partial charge < -0.3 is 23.3 Å². The topological polar surface area (TPSA) is 122 Å². The Kier molecular flexibility index (Phi) is 19.4. The maximum absolute atomic E-state index is 11.1. The molecule has 0 saturated carbocycles. The highest BCUT2D eigenvalue weighted by Gasteiger charge is 2.22. The zero-order valence-corrected chi connectivity index (χ0v) is 24.7. The van der Waals surface area contributed by atoms with Crippen molar-refractivity contribution in [1.82, 2.24) is 0 Å². The van der Waals surface area contributed by atoms with Crippen molar-refractivity contribution in [2.45, 2.75) is 45.4 Å². The van der Waals surface area contributed by atoms with E-state index in [1.165, 1.54) is 40.9 Å². The number of hydrogen-bond acceptors (Lipinski definition) is 9. The minimum atomic E-state index is -3.09. The van der Waals surface area contributed by atoms with Crippen molar-refractivity contribution >= 4 is 31.6 Å². The van der Waals surface area contributed by atoms with Crippen LogP contribution in [0.25, 0.3) is 0 Å². The number of esters is 2. The molecule has 0 radical (unpaired) electrons. The average Bonchev–Trinajstić information content (AvgIpc) is 2.96. The van der Waals surface area contributed by atoms with Crippen LogP contribution in [-0.2, 0) is 67.9 Å². The summed E-state index contributed by atoms with van der Waals surface area (Å²) in [6.07, 6.45) is 9.47. The van der Waals surface area contributed by atoms with Crippen LogP contribution in [0.1, 0.15) is 42.0 Å². The third kappa shape index (κ3) is 17.1. The fourth-order valence-corrected chi connectivity index (χ4v) is 4.00. The van der Waals surface area contributed by atoms with Crippen LogP contribution >= 0.6 is 7.60 Å². The summed E-state index contributed by atoms with van der Waals surface area (Å²) in [7, 11) is 2.20. The second-order valence-corrected chi connectivity index (χ2v) is 10.7. The molecule has 9 nitrogen and oxygen atoms in total. The van der Waals surface area contributed by atoms with E-state index in [1.807, 2.05) is 48.5 Å². The standard InChI is InChI=1S/C13H14O2.C12H14O3.C5H11O4P/c1-3-4-5-11-6-8-12(9-7-11)10-13(14)15-2;1-15-12(14)9-11-6-4-10(5-7-11)3-2-8-13;1-5(6)4-10(7,8-2)9-3/h1,6-9H,4-5,10H2,2H3;4-8H,2-3,9H2,1H3;4H2,1-3H3. The number of ether oxygens (including phenoxy) is 2. The van der Waals surface area contributed by atoms with Crippen molar-refractivity contribution in [3.63, 3.8) is 0 Å². The van der Waals surface area contributed by atoms with Gasteiger partial charge in [-0.15, -0.1) is 12.3 Å². The Labute approximate surface area is 237 Å². The van der Waals surface area contributed by atoms with Crippen LogP contribution in [0.4, 0.5) is 0 Å². The molecule has 218 valence electrons. The molecule has 0 saturated heterocycles. The molecule has 0 unspecified atom stereocenters. The van der Waals surface area contributed by atoms with Crippen molar-refractivity contribution in [3.05, 3.63) is 70.8 Å². The summed E-state index contributed by atoms with van der Waals surface area (Å²) in [4.78, 5) is 42.6. The number of terminal acetylenes is 1. The highest BCUT2D eigenvalue weighted by Crippen LogP contribution is 2.45. The summed E-state index contributed by atoms with van der Waals surface area (Å²) < 4.78 is 29.3. The Morgan fingerprint density at radius 3 is 1.48 bits per heavy atom. The lowest BCUT2D eigenvalue weighted by atomic mass is 10.1. The third-order valence-corrected chi connectivity index (χ3v) is 7.23. The zero-order chi connectivity index (χ0) is 30.4. The van der Waals surface area contributed by atoms with Gasteiger partial charge >= 0.3 is 19.5 Å². The molecule has 0 amide bonds. The summed E-state index contributed by atoms with van der Waals surface area (Å²) in [5, 5.41) is 0. The molecule has 0 bridgehead atoms. The lowest BCUT2D eigenvalue weighted by Gasteiger charge is -2.10. The molecule has 0 aliphatic heterocycles. The van der Waals surface area contributed by atoms with E-state index >= 15 is 0 Å². The van der Waals surface area contributed by atoms with E-state index in [4.69, 9.17) is 6.42 Å². The van der Waals surface area contributed by atoms with Crippen LogP contribution < -0.4 is 0 Å². The fourth-order valence-electron chi connectivity index (χ4n) is 3.04. The normalized spacial score (nSPS) is 10.0. The van der Waals surface area contributed by atoms with E-state index in [0.29, 0.717) is 19.3 Å². The molecule has 0 aromatic heterocycles. The smallest absolute Gasteiger partial charge is 0.337 e. The molecule has 2 rings (SSSR count). The van der Waals surface area contributed by atoms with Crippen LogP contribution in [0.2, 0.25) is 0 Å². The number of methoxy groups -OCH3 is 2. The number of hydrogen-bond donors (Lipinski definition) is 0. The van der Waals surface area contributed by atoms with Gasteiger partial charge in [-0.3, -0.25) is 18.9 Å². The maximum atomic E-state index is 11.1. The first kappa shape index (κ1) is 36.4. The SMILES string of the molecule is C#CCCc1ccc(CC(=O)OC)cc1.COC(=O)Cc1ccc(CCC=O)cc1.COP(=O)(CC(C)=O)OC. The van der Waals surface area contributed by atoms with Gasteiger partial charge in [-0.25, -0.2) is 0 Å². The first-order valence-corrected chi connectivity index (χ1v) is 14.1. The molecular weight excluding hydrogens is 535 g/mol. The molecule has 10 heteroatoms. The molecule has 0 fully saturated rings. The molecule has 0 heterocycles. The first-order valence-electron chi connectivity index (χ1n) is 12.4. The van der Waals surface area contributed by atoms with Gasteiger partial charge in [-0.2, -0.15) is 0 Å². The Balaban J connectivity index is 0.000000585. The Hall–Kier alpha value is -3.57. The van der Waals surface area contributed by atoms with E-state index in [1.54, 1.807) is 0 Å². The molecular formula is C30H39O9P. The van der Waals surface area contributed by atoms with Crippen molar-refractivity contribution < 1.29 is 42.3 Å². The van der Waals surface area contributed by atoms with Crippen molar-refractivity contribution in [2.24, 2.45) is 0 Å². The zero-order valence-electron chi connectivity index (χ0n) is 23.8. The average molecular weight is 575 g/mol. The number of carbonyl (C=O) groups excluding carboxylic acids is 4. The Bertz CT molecular complexity index is 1130. The van der Waals surface area contributed by atoms with Crippen LogP contribution in [-0.4, -0.2) is 58.6 Å². The van der Waals surface area contributed by atoms with E-state index in [2.05, 4.69) is 24.4 Å². The number of ketones is 1. The molecule has 2 aromatic carbocycles. The van der Waals surface area contributed by atoms with E-state index in [0.717, 1.165) is 42.2 Å². The predicted molar refractivity (Wildman–Crippen MR) is 153 cm³/mol. The van der Waals surface area contributed by atoms with Crippen LogP contribution in [0.5, 0.6) is 0 Å². The molecule has 40 heavy (non-hydrogen) atoms. The third-order valence-electron chi connectivity index (χ3n) is 5.28. The summed E-state index contributed by atoms with van der Waals surface area (Å²) >= 11 is 0. The van der Waals surface area contributed by atoms with Gasteiger partial charge in [0, 0.05) is 27.1 Å². The van der Waals surface area contributed by atoms with Gasteiger partial charge in [-0.1, -0.05) is 48.5 Å². The van der Waals surface area contributed by atoms with E-state index in [-0.39, 0.29) is 23.9 Å².